The van der Waals surface area contributed by atoms with Crippen LogP contribution in [-0.4, -0.2) is 24.2 Å². The lowest BCUT2D eigenvalue weighted by molar-refractivity contribution is -0.116. The molecule has 132 valence electrons. The predicted octanol–water partition coefficient (Wildman–Crippen LogP) is 4.32. The fourth-order valence-corrected chi connectivity index (χ4v) is 2.51. The van der Waals surface area contributed by atoms with Gasteiger partial charge in [0.25, 0.3) is 0 Å². The Labute approximate surface area is 149 Å². The molecule has 0 atom stereocenters. The number of carbonyl (C=O) groups excluding carboxylic acids is 2. The number of benzene rings is 1. The van der Waals surface area contributed by atoms with Crippen molar-refractivity contribution in [3.05, 3.63) is 41.8 Å². The van der Waals surface area contributed by atoms with Gasteiger partial charge in [-0.2, -0.15) is 0 Å². The normalized spacial score (nSPS) is 10.7. The Hall–Kier alpha value is -1.75. The highest BCUT2D eigenvalue weighted by Crippen LogP contribution is 2.10. The molecule has 0 aromatic heterocycles. The van der Waals surface area contributed by atoms with Crippen molar-refractivity contribution < 1.29 is 14.3 Å². The number of nitrogens with one attached hydrogen (secondary N) is 1. The minimum Gasteiger partial charge on any atom is -0.485 e. The average Bonchev–Trinajstić information content (AvgIpc) is 2.60. The third-order valence-electron chi connectivity index (χ3n) is 3.35. The maximum Gasteiger partial charge on any atom is 0.244 e. The predicted molar refractivity (Wildman–Crippen MR) is 100 cm³/mol. The molecule has 0 saturated heterocycles. The number of hydrogen-bond acceptors (Lipinski definition) is 4. The number of unbranched alkanes of at least 4 members (excludes halogenated alkanes) is 5. The third kappa shape index (κ3) is 10.9. The summed E-state index contributed by atoms with van der Waals surface area (Å²) < 4.78 is 5.34. The molecule has 1 aromatic rings. The summed E-state index contributed by atoms with van der Waals surface area (Å²) in [5.74, 6) is 0.500. The topological polar surface area (TPSA) is 55.4 Å². The van der Waals surface area contributed by atoms with E-state index in [2.05, 4.69) is 12.2 Å². The van der Waals surface area contributed by atoms with Gasteiger partial charge in [-0.3, -0.25) is 9.59 Å². The summed E-state index contributed by atoms with van der Waals surface area (Å²) in [4.78, 5) is 23.2. The van der Waals surface area contributed by atoms with E-state index in [1.54, 1.807) is 12.1 Å². The van der Waals surface area contributed by atoms with Crippen LogP contribution in [0.5, 0.6) is 5.75 Å². The molecule has 1 amide bonds. The van der Waals surface area contributed by atoms with Gasteiger partial charge in [-0.1, -0.05) is 69.0 Å². The Morgan fingerprint density at radius 1 is 1.08 bits per heavy atom. The van der Waals surface area contributed by atoms with Gasteiger partial charge in [0.2, 0.25) is 11.0 Å². The Balaban J connectivity index is 2.04. The van der Waals surface area contributed by atoms with Crippen molar-refractivity contribution in [3.8, 4) is 5.75 Å². The van der Waals surface area contributed by atoms with Crippen LogP contribution in [0.1, 0.15) is 45.4 Å². The monoisotopic (exact) mass is 349 g/mol. The van der Waals surface area contributed by atoms with Crippen LogP contribution >= 0.6 is 11.8 Å². The molecule has 0 heterocycles. The Morgan fingerprint density at radius 2 is 1.79 bits per heavy atom. The number of rotatable bonds is 12. The highest BCUT2D eigenvalue weighted by Gasteiger charge is 2.02. The minimum atomic E-state index is -0.159. The maximum absolute atomic E-state index is 11.6. The zero-order valence-electron chi connectivity index (χ0n) is 14.3. The molecule has 4 nitrogen and oxygen atoms in total. The van der Waals surface area contributed by atoms with Crippen LogP contribution in [0.4, 0.5) is 0 Å². The van der Waals surface area contributed by atoms with Gasteiger partial charge in [-0.25, -0.2) is 0 Å². The van der Waals surface area contributed by atoms with E-state index >= 15 is 0 Å². The van der Waals surface area contributed by atoms with Crippen LogP contribution in [0, 0.1) is 0 Å². The Kier molecular flexibility index (Phi) is 11.6. The first kappa shape index (κ1) is 20.3. The molecule has 5 heteroatoms. The molecule has 0 spiro atoms. The van der Waals surface area contributed by atoms with Crippen molar-refractivity contribution in [2.75, 3.05) is 13.2 Å². The summed E-state index contributed by atoms with van der Waals surface area (Å²) in [7, 11) is 0. The third-order valence-corrected chi connectivity index (χ3v) is 4.00. The van der Waals surface area contributed by atoms with E-state index in [9.17, 15) is 9.59 Å². The summed E-state index contributed by atoms with van der Waals surface area (Å²) in [6, 6.07) is 9.17. The average molecular weight is 349 g/mol. The van der Waals surface area contributed by atoms with Crippen LogP contribution in [0.25, 0.3) is 0 Å². The first-order valence-corrected chi connectivity index (χ1v) is 9.42. The molecule has 24 heavy (non-hydrogen) atoms. The molecule has 1 rings (SSSR count). The van der Waals surface area contributed by atoms with Gasteiger partial charge in [0.05, 0.1) is 0 Å². The van der Waals surface area contributed by atoms with Crippen LogP contribution in [0.2, 0.25) is 0 Å². The number of thioether (sulfide) groups is 1. The van der Waals surface area contributed by atoms with E-state index < -0.39 is 0 Å². The van der Waals surface area contributed by atoms with E-state index in [1.807, 2.05) is 18.2 Å². The highest BCUT2D eigenvalue weighted by atomic mass is 32.2. The number of ether oxygens (including phenoxy) is 1. The van der Waals surface area contributed by atoms with Crippen LogP contribution in [0.15, 0.2) is 41.8 Å². The Bertz CT molecular complexity index is 503. The van der Waals surface area contributed by atoms with Gasteiger partial charge >= 0.3 is 0 Å². The second-order valence-corrected chi connectivity index (χ2v) is 6.42. The molecule has 0 radical (unpaired) electrons. The summed E-state index contributed by atoms with van der Waals surface area (Å²) in [6.07, 6.45) is 8.57. The summed E-state index contributed by atoms with van der Waals surface area (Å²) in [6.45, 7) is 2.87. The SMILES string of the molecule is CCCCCCCCNC(=O)/C=C\SC(=O)COc1ccccc1. The lowest BCUT2D eigenvalue weighted by atomic mass is 10.1. The molecule has 0 saturated carbocycles. The molecule has 1 aromatic carbocycles. The van der Waals surface area contributed by atoms with Gasteiger partial charge in [-0.05, 0) is 24.0 Å². The smallest absolute Gasteiger partial charge is 0.244 e. The Morgan fingerprint density at radius 3 is 2.54 bits per heavy atom. The lowest BCUT2D eigenvalue weighted by Gasteiger charge is -2.03. The van der Waals surface area contributed by atoms with Crippen molar-refractivity contribution in [2.24, 2.45) is 0 Å². The molecular weight excluding hydrogens is 322 g/mol. The molecule has 0 aliphatic carbocycles. The highest BCUT2D eigenvalue weighted by molar-refractivity contribution is 8.16. The minimum absolute atomic E-state index is 0.0155. The number of amides is 1. The second-order valence-electron chi connectivity index (χ2n) is 5.45. The molecule has 0 unspecified atom stereocenters. The zero-order chi connectivity index (χ0) is 17.5. The van der Waals surface area contributed by atoms with Gasteiger partial charge in [0.1, 0.15) is 5.75 Å². The summed E-state index contributed by atoms with van der Waals surface area (Å²) in [5.41, 5.74) is 0. The molecule has 1 N–H and O–H groups in total. The van der Waals surface area contributed by atoms with E-state index in [0.29, 0.717) is 12.3 Å². The van der Waals surface area contributed by atoms with E-state index in [4.69, 9.17) is 4.74 Å². The first-order valence-electron chi connectivity index (χ1n) is 8.54. The summed E-state index contributed by atoms with van der Waals surface area (Å²) >= 11 is 0.971. The van der Waals surface area contributed by atoms with Crippen molar-refractivity contribution in [1.82, 2.24) is 5.32 Å². The number of carbonyl (C=O) groups is 2. The maximum atomic E-state index is 11.6. The van der Waals surface area contributed by atoms with Gasteiger partial charge in [0, 0.05) is 12.6 Å². The molecule has 0 aliphatic rings. The van der Waals surface area contributed by atoms with Crippen molar-refractivity contribution >= 4 is 22.8 Å². The van der Waals surface area contributed by atoms with Crippen molar-refractivity contribution in [3.63, 3.8) is 0 Å². The summed E-state index contributed by atoms with van der Waals surface area (Å²) in [5, 5.41) is 4.19. The second kappa shape index (κ2) is 13.7. The fourth-order valence-electron chi connectivity index (χ4n) is 2.04. The molecule has 0 bridgehead atoms. The van der Waals surface area contributed by atoms with E-state index in [0.717, 1.165) is 24.6 Å². The van der Waals surface area contributed by atoms with Crippen molar-refractivity contribution in [1.29, 1.82) is 0 Å². The van der Waals surface area contributed by atoms with E-state index in [1.165, 1.54) is 37.2 Å². The zero-order valence-corrected chi connectivity index (χ0v) is 15.1. The number of hydrogen-bond donors (Lipinski definition) is 1. The van der Waals surface area contributed by atoms with Crippen LogP contribution in [-0.2, 0) is 9.59 Å². The molecular formula is C19H27NO3S. The van der Waals surface area contributed by atoms with Gasteiger partial charge < -0.3 is 10.1 Å². The standard InChI is InChI=1S/C19H27NO3S/c1-2-3-4-5-6-10-14-20-18(21)13-15-24-19(22)16-23-17-11-8-7-9-12-17/h7-9,11-13,15H,2-6,10,14,16H2,1H3,(H,20,21)/b15-13-. The molecule has 0 fully saturated rings. The molecule has 0 aliphatic heterocycles. The van der Waals surface area contributed by atoms with Gasteiger partial charge in [0.15, 0.2) is 6.61 Å². The van der Waals surface area contributed by atoms with E-state index in [-0.39, 0.29) is 17.6 Å². The first-order chi connectivity index (χ1) is 11.7. The van der Waals surface area contributed by atoms with Gasteiger partial charge in [-0.15, -0.1) is 0 Å². The van der Waals surface area contributed by atoms with Crippen LogP contribution in [0.3, 0.4) is 0 Å². The van der Waals surface area contributed by atoms with Crippen molar-refractivity contribution in [2.45, 2.75) is 45.4 Å². The lowest BCUT2D eigenvalue weighted by Crippen LogP contribution is -2.22. The largest absolute Gasteiger partial charge is 0.485 e. The van der Waals surface area contributed by atoms with Crippen LogP contribution < -0.4 is 10.1 Å². The fraction of sp³-hybridized carbons (Fsp3) is 0.474. The quantitative estimate of drug-likeness (QED) is 0.451. The number of para-hydroxylation sites is 1.